The highest BCUT2D eigenvalue weighted by molar-refractivity contribution is 6.03. The molecular weight excluding hydrogens is 245 g/mol. The topological polar surface area (TPSA) is 45.2 Å². The van der Waals surface area contributed by atoms with Crippen molar-refractivity contribution in [1.29, 1.82) is 0 Å². The third kappa shape index (κ3) is 3.28. The first-order valence-electron chi connectivity index (χ1n) is 5.77. The van der Waals surface area contributed by atoms with Gasteiger partial charge in [0.15, 0.2) is 0 Å². The number of halogens is 1. The highest BCUT2D eigenvalue weighted by Crippen LogP contribution is 2.17. The Labute approximate surface area is 110 Å². The summed E-state index contributed by atoms with van der Waals surface area (Å²) in [6.07, 6.45) is 0. The van der Waals surface area contributed by atoms with E-state index in [1.54, 1.807) is 6.07 Å². The van der Waals surface area contributed by atoms with Gasteiger partial charge < -0.3 is 10.2 Å². The van der Waals surface area contributed by atoms with Gasteiger partial charge >= 0.3 is 0 Å². The van der Waals surface area contributed by atoms with Crippen molar-refractivity contribution in [2.75, 3.05) is 24.3 Å². The van der Waals surface area contributed by atoms with Crippen molar-refractivity contribution >= 4 is 17.3 Å². The van der Waals surface area contributed by atoms with Gasteiger partial charge in [-0.2, -0.15) is 4.39 Å². The van der Waals surface area contributed by atoms with Crippen LogP contribution in [0.3, 0.4) is 0 Å². The molecule has 19 heavy (non-hydrogen) atoms. The summed E-state index contributed by atoms with van der Waals surface area (Å²) in [6.45, 7) is 0. The number of amides is 1. The quantitative estimate of drug-likeness (QED) is 0.861. The second-order valence-electron chi connectivity index (χ2n) is 4.24. The van der Waals surface area contributed by atoms with Crippen molar-refractivity contribution in [3.05, 3.63) is 54.1 Å². The van der Waals surface area contributed by atoms with Crippen molar-refractivity contribution in [3.63, 3.8) is 0 Å². The molecule has 1 heterocycles. The standard InChI is InChI=1S/C14H14FN3O/c1-18(2)11-6-3-5-10(9-11)16-14(19)12-7-4-8-13(15)17-12/h3-9H,1-2H3,(H,16,19). The molecular formula is C14H14FN3O. The van der Waals surface area contributed by atoms with Gasteiger partial charge in [0.05, 0.1) is 0 Å². The van der Waals surface area contributed by atoms with Crippen molar-refractivity contribution in [3.8, 4) is 0 Å². The van der Waals surface area contributed by atoms with Gasteiger partial charge in [0.1, 0.15) is 5.69 Å². The number of carbonyl (C=O) groups excluding carboxylic acids is 1. The summed E-state index contributed by atoms with van der Waals surface area (Å²) in [5.74, 6) is -1.11. The summed E-state index contributed by atoms with van der Waals surface area (Å²) >= 11 is 0. The van der Waals surface area contributed by atoms with Crippen LogP contribution < -0.4 is 10.2 Å². The zero-order chi connectivity index (χ0) is 13.8. The Bertz CT molecular complexity index is 599. The fraction of sp³-hybridized carbons (Fsp3) is 0.143. The van der Waals surface area contributed by atoms with Crippen LogP contribution in [0.1, 0.15) is 10.5 Å². The van der Waals surface area contributed by atoms with Crippen LogP contribution >= 0.6 is 0 Å². The molecule has 98 valence electrons. The van der Waals surface area contributed by atoms with Crippen LogP contribution in [0, 0.1) is 5.95 Å². The molecule has 4 nitrogen and oxygen atoms in total. The van der Waals surface area contributed by atoms with Gasteiger partial charge in [-0.05, 0) is 30.3 Å². The van der Waals surface area contributed by atoms with Crippen LogP contribution in [-0.2, 0) is 0 Å². The summed E-state index contributed by atoms with van der Waals surface area (Å²) in [7, 11) is 3.82. The smallest absolute Gasteiger partial charge is 0.274 e. The number of hydrogen-bond acceptors (Lipinski definition) is 3. The number of nitrogens with one attached hydrogen (secondary N) is 1. The molecule has 1 amide bonds. The minimum Gasteiger partial charge on any atom is -0.378 e. The van der Waals surface area contributed by atoms with E-state index >= 15 is 0 Å². The number of nitrogens with zero attached hydrogens (tertiary/aromatic N) is 2. The Kier molecular flexibility index (Phi) is 3.75. The predicted molar refractivity (Wildman–Crippen MR) is 72.9 cm³/mol. The number of carbonyl (C=O) groups is 1. The first-order chi connectivity index (χ1) is 9.06. The number of rotatable bonds is 3. The molecule has 0 spiro atoms. The number of hydrogen-bond donors (Lipinski definition) is 1. The Morgan fingerprint density at radius 2 is 1.95 bits per heavy atom. The minimum absolute atomic E-state index is 0.0512. The molecule has 0 radical (unpaired) electrons. The predicted octanol–water partition coefficient (Wildman–Crippen LogP) is 2.54. The van der Waals surface area contributed by atoms with Crippen molar-refractivity contribution < 1.29 is 9.18 Å². The molecule has 1 aromatic carbocycles. The van der Waals surface area contributed by atoms with Gasteiger partial charge in [-0.3, -0.25) is 4.79 Å². The van der Waals surface area contributed by atoms with Gasteiger partial charge in [-0.1, -0.05) is 12.1 Å². The lowest BCUT2D eigenvalue weighted by Crippen LogP contribution is -2.15. The molecule has 2 rings (SSSR count). The third-order valence-corrected chi connectivity index (χ3v) is 2.57. The first-order valence-corrected chi connectivity index (χ1v) is 5.77. The monoisotopic (exact) mass is 259 g/mol. The summed E-state index contributed by atoms with van der Waals surface area (Å²) < 4.78 is 12.9. The van der Waals surface area contributed by atoms with Crippen LogP contribution in [0.15, 0.2) is 42.5 Å². The van der Waals surface area contributed by atoms with Gasteiger partial charge in [0.2, 0.25) is 5.95 Å². The molecule has 1 N–H and O–H groups in total. The van der Waals surface area contributed by atoms with Gasteiger partial charge in [-0.15, -0.1) is 0 Å². The molecule has 0 fully saturated rings. The van der Waals surface area contributed by atoms with Crippen LogP contribution in [0.4, 0.5) is 15.8 Å². The van der Waals surface area contributed by atoms with Crippen molar-refractivity contribution in [2.24, 2.45) is 0 Å². The van der Waals surface area contributed by atoms with E-state index in [9.17, 15) is 9.18 Å². The third-order valence-electron chi connectivity index (χ3n) is 2.57. The maximum atomic E-state index is 12.9. The first kappa shape index (κ1) is 13.0. The highest BCUT2D eigenvalue weighted by Gasteiger charge is 2.08. The Morgan fingerprint density at radius 1 is 1.21 bits per heavy atom. The molecule has 0 atom stereocenters. The van der Waals surface area contributed by atoms with Gasteiger partial charge in [0.25, 0.3) is 5.91 Å². The van der Waals surface area contributed by atoms with E-state index in [4.69, 9.17) is 0 Å². The second-order valence-corrected chi connectivity index (χ2v) is 4.24. The van der Waals surface area contributed by atoms with Crippen molar-refractivity contribution in [1.82, 2.24) is 4.98 Å². The number of benzene rings is 1. The summed E-state index contributed by atoms with van der Waals surface area (Å²) in [4.78, 5) is 17.4. The summed E-state index contributed by atoms with van der Waals surface area (Å²) in [6, 6.07) is 11.5. The van der Waals surface area contributed by atoms with Gasteiger partial charge in [-0.25, -0.2) is 4.98 Å². The summed E-state index contributed by atoms with van der Waals surface area (Å²) in [5, 5.41) is 2.69. The lowest BCUT2D eigenvalue weighted by atomic mass is 10.2. The molecule has 2 aromatic rings. The van der Waals surface area contributed by atoms with Gasteiger partial charge in [0, 0.05) is 25.5 Å². The van der Waals surface area contributed by atoms with Crippen molar-refractivity contribution in [2.45, 2.75) is 0 Å². The fourth-order valence-corrected chi connectivity index (χ4v) is 1.59. The number of pyridine rings is 1. The zero-order valence-electron chi connectivity index (χ0n) is 10.7. The molecule has 0 bridgehead atoms. The van der Waals surface area contributed by atoms with Crippen LogP contribution in [0.2, 0.25) is 0 Å². The Morgan fingerprint density at radius 3 is 2.63 bits per heavy atom. The van der Waals surface area contributed by atoms with E-state index in [0.717, 1.165) is 5.69 Å². The second kappa shape index (κ2) is 5.48. The molecule has 0 saturated carbocycles. The van der Waals surface area contributed by atoms with E-state index in [2.05, 4.69) is 10.3 Å². The summed E-state index contributed by atoms with van der Waals surface area (Å²) in [5.41, 5.74) is 1.66. The van der Waals surface area contributed by atoms with Crippen LogP contribution in [0.25, 0.3) is 0 Å². The average Bonchev–Trinajstić information content (AvgIpc) is 2.39. The Hall–Kier alpha value is -2.43. The van der Waals surface area contributed by atoms with E-state index in [1.807, 2.05) is 37.2 Å². The fourth-order valence-electron chi connectivity index (χ4n) is 1.59. The SMILES string of the molecule is CN(C)c1cccc(NC(=O)c2cccc(F)n2)c1. The average molecular weight is 259 g/mol. The molecule has 0 aliphatic rings. The van der Waals surface area contributed by atoms with E-state index in [1.165, 1.54) is 18.2 Å². The lowest BCUT2D eigenvalue weighted by Gasteiger charge is -2.13. The van der Waals surface area contributed by atoms with Crippen LogP contribution in [-0.4, -0.2) is 25.0 Å². The molecule has 0 aliphatic carbocycles. The van der Waals surface area contributed by atoms with E-state index in [0.29, 0.717) is 5.69 Å². The maximum absolute atomic E-state index is 12.9. The molecule has 0 unspecified atom stereocenters. The minimum atomic E-state index is -0.672. The normalized spacial score (nSPS) is 10.1. The zero-order valence-corrected chi connectivity index (χ0v) is 10.7. The van der Waals surface area contributed by atoms with E-state index in [-0.39, 0.29) is 5.69 Å². The molecule has 1 aromatic heterocycles. The molecule has 0 aliphatic heterocycles. The molecule has 5 heteroatoms. The van der Waals surface area contributed by atoms with Crippen LogP contribution in [0.5, 0.6) is 0 Å². The lowest BCUT2D eigenvalue weighted by molar-refractivity contribution is 0.102. The number of aromatic nitrogens is 1. The highest BCUT2D eigenvalue weighted by atomic mass is 19.1. The molecule has 0 saturated heterocycles. The largest absolute Gasteiger partial charge is 0.378 e. The Balaban J connectivity index is 2.17. The number of anilines is 2. The maximum Gasteiger partial charge on any atom is 0.274 e. The van der Waals surface area contributed by atoms with E-state index < -0.39 is 11.9 Å².